The summed E-state index contributed by atoms with van der Waals surface area (Å²) < 4.78 is 11.4. The first-order chi connectivity index (χ1) is 11.9. The van der Waals surface area contributed by atoms with E-state index in [0.717, 1.165) is 16.4 Å². The van der Waals surface area contributed by atoms with E-state index in [9.17, 15) is 4.79 Å². The van der Waals surface area contributed by atoms with Gasteiger partial charge >= 0.3 is 5.97 Å². The summed E-state index contributed by atoms with van der Waals surface area (Å²) in [7, 11) is 0. The maximum Gasteiger partial charge on any atom is 0.310 e. The molecule has 0 N–H and O–H groups in total. The fraction of sp³-hybridized carbons (Fsp3) is 0.316. The maximum atomic E-state index is 12.4. The minimum absolute atomic E-state index is 0.0125. The predicted molar refractivity (Wildman–Crippen MR) is 101 cm³/mol. The van der Waals surface area contributed by atoms with E-state index in [4.69, 9.17) is 32.7 Å². The first-order valence-corrected chi connectivity index (χ1v) is 9.51. The highest BCUT2D eigenvalue weighted by molar-refractivity contribution is 7.11. The van der Waals surface area contributed by atoms with Gasteiger partial charge in [-0.1, -0.05) is 49.2 Å². The van der Waals surface area contributed by atoms with Crippen LogP contribution in [0.5, 0.6) is 10.8 Å². The molecule has 132 valence electrons. The molecule has 0 bridgehead atoms. The van der Waals surface area contributed by atoms with E-state index in [1.807, 2.05) is 55.6 Å². The summed E-state index contributed by atoms with van der Waals surface area (Å²) in [6.07, 6.45) is 1.71. The second kappa shape index (κ2) is 7.40. The van der Waals surface area contributed by atoms with Crippen molar-refractivity contribution < 1.29 is 14.3 Å². The van der Waals surface area contributed by atoms with E-state index in [-0.39, 0.29) is 34.3 Å². The number of hydrogen-bond acceptors (Lipinski definition) is 4. The van der Waals surface area contributed by atoms with E-state index < -0.39 is 0 Å². The van der Waals surface area contributed by atoms with Gasteiger partial charge in [0, 0.05) is 0 Å². The van der Waals surface area contributed by atoms with Gasteiger partial charge in [-0.2, -0.15) is 0 Å². The number of carbonyl (C=O) groups excluding carboxylic acids is 1. The third-order valence-corrected chi connectivity index (χ3v) is 5.46. The van der Waals surface area contributed by atoms with Crippen LogP contribution < -0.4 is 4.74 Å². The maximum absolute atomic E-state index is 12.4. The SMILES string of the molecule is CC1(C)C(C=C(Cl)Cl)C1C(=O)OCc1cccc(Oc2cccs2)c1. The van der Waals surface area contributed by atoms with Crippen molar-refractivity contribution in [2.24, 2.45) is 17.3 Å². The zero-order valence-corrected chi connectivity index (χ0v) is 16.2. The van der Waals surface area contributed by atoms with E-state index in [0.29, 0.717) is 0 Å². The summed E-state index contributed by atoms with van der Waals surface area (Å²) in [5, 5.41) is 2.78. The Bertz CT molecular complexity index is 780. The fourth-order valence-corrected chi connectivity index (χ4v) is 3.82. The zero-order chi connectivity index (χ0) is 18.0. The standard InChI is InChI=1S/C19H18Cl2O3S/c1-19(2)14(10-15(20)21)17(19)18(22)23-11-12-5-3-6-13(9-12)24-16-7-4-8-25-16/h3-10,14,17H,11H2,1-2H3. The number of ether oxygens (including phenoxy) is 2. The molecule has 1 aliphatic rings. The lowest BCUT2D eigenvalue weighted by molar-refractivity contribution is -0.147. The molecule has 1 aliphatic carbocycles. The molecule has 2 aromatic rings. The molecule has 1 aromatic heterocycles. The molecule has 2 atom stereocenters. The molecular weight excluding hydrogens is 379 g/mol. The highest BCUT2D eigenvalue weighted by atomic mass is 35.5. The van der Waals surface area contributed by atoms with Crippen molar-refractivity contribution in [3.8, 4) is 10.8 Å². The molecule has 1 saturated carbocycles. The Morgan fingerprint density at radius 2 is 2.08 bits per heavy atom. The molecule has 1 fully saturated rings. The van der Waals surface area contributed by atoms with Crippen molar-refractivity contribution in [2.75, 3.05) is 0 Å². The van der Waals surface area contributed by atoms with E-state index >= 15 is 0 Å². The lowest BCUT2D eigenvalue weighted by Gasteiger charge is -2.08. The van der Waals surface area contributed by atoms with Crippen molar-refractivity contribution in [3.05, 3.63) is 57.9 Å². The first-order valence-electron chi connectivity index (χ1n) is 7.87. The summed E-state index contributed by atoms with van der Waals surface area (Å²) >= 11 is 13.0. The number of carbonyl (C=O) groups is 1. The van der Waals surface area contributed by atoms with Crippen LogP contribution in [-0.2, 0) is 16.1 Å². The number of thiophene rings is 1. The van der Waals surface area contributed by atoms with Crippen molar-refractivity contribution >= 4 is 40.5 Å². The van der Waals surface area contributed by atoms with Gasteiger partial charge in [-0.15, -0.1) is 11.3 Å². The van der Waals surface area contributed by atoms with Crippen molar-refractivity contribution in [1.82, 2.24) is 0 Å². The van der Waals surface area contributed by atoms with Crippen molar-refractivity contribution in [3.63, 3.8) is 0 Å². The number of benzene rings is 1. The number of esters is 1. The summed E-state index contributed by atoms with van der Waals surface area (Å²) in [5.41, 5.74) is 0.694. The monoisotopic (exact) mass is 396 g/mol. The summed E-state index contributed by atoms with van der Waals surface area (Å²) in [6, 6.07) is 11.4. The minimum atomic E-state index is -0.231. The summed E-state index contributed by atoms with van der Waals surface area (Å²) in [4.78, 5) is 12.4. The van der Waals surface area contributed by atoms with E-state index in [2.05, 4.69) is 0 Å². The highest BCUT2D eigenvalue weighted by Crippen LogP contribution is 2.60. The highest BCUT2D eigenvalue weighted by Gasteiger charge is 2.61. The normalized spacial score (nSPS) is 20.6. The summed E-state index contributed by atoms with van der Waals surface area (Å²) in [6.45, 7) is 4.22. The summed E-state index contributed by atoms with van der Waals surface area (Å²) in [5.74, 6) is 0.284. The van der Waals surface area contributed by atoms with Crippen LogP contribution in [0, 0.1) is 17.3 Å². The lowest BCUT2D eigenvalue weighted by atomic mass is 10.1. The molecule has 25 heavy (non-hydrogen) atoms. The number of rotatable bonds is 6. The quantitative estimate of drug-likeness (QED) is 0.547. The Balaban J connectivity index is 1.59. The molecule has 1 heterocycles. The Hall–Kier alpha value is -1.49. The van der Waals surface area contributed by atoms with Gasteiger partial charge in [-0.3, -0.25) is 4.79 Å². The van der Waals surface area contributed by atoms with Gasteiger partial charge < -0.3 is 9.47 Å². The molecule has 3 rings (SSSR count). The van der Waals surface area contributed by atoms with Crippen LogP contribution in [0.2, 0.25) is 0 Å². The third-order valence-electron chi connectivity index (χ3n) is 4.46. The average Bonchev–Trinajstić information content (AvgIpc) is 2.90. The molecule has 3 nitrogen and oxygen atoms in total. The molecule has 2 unspecified atom stereocenters. The molecule has 6 heteroatoms. The largest absolute Gasteiger partial charge is 0.461 e. The molecule has 0 spiro atoms. The second-order valence-corrected chi connectivity index (χ2v) is 8.49. The fourth-order valence-electron chi connectivity index (χ4n) is 2.96. The number of halogens is 2. The molecule has 0 saturated heterocycles. The predicted octanol–water partition coefficient (Wildman–Crippen LogP) is 6.17. The van der Waals surface area contributed by atoms with E-state index in [1.165, 1.54) is 11.3 Å². The van der Waals surface area contributed by atoms with Gasteiger partial charge in [0.1, 0.15) is 16.8 Å². The Labute approximate surface area is 161 Å². The Kier molecular flexibility index (Phi) is 5.42. The van der Waals surface area contributed by atoms with Crippen molar-refractivity contribution in [2.45, 2.75) is 20.5 Å². The van der Waals surface area contributed by atoms with Crippen LogP contribution in [0.15, 0.2) is 52.3 Å². The van der Waals surface area contributed by atoms with Gasteiger partial charge in [-0.25, -0.2) is 0 Å². The molecular formula is C19H18Cl2O3S. The Morgan fingerprint density at radius 3 is 2.76 bits per heavy atom. The average molecular weight is 397 g/mol. The van der Waals surface area contributed by atoms with E-state index in [1.54, 1.807) is 6.08 Å². The van der Waals surface area contributed by atoms with Crippen LogP contribution >= 0.6 is 34.5 Å². The molecule has 0 radical (unpaired) electrons. The minimum Gasteiger partial charge on any atom is -0.461 e. The number of hydrogen-bond donors (Lipinski definition) is 0. The smallest absolute Gasteiger partial charge is 0.310 e. The van der Waals surface area contributed by atoms with Crippen LogP contribution in [0.3, 0.4) is 0 Å². The first kappa shape index (κ1) is 18.3. The molecule has 1 aromatic carbocycles. The van der Waals surface area contributed by atoms with Crippen molar-refractivity contribution in [1.29, 1.82) is 0 Å². The van der Waals surface area contributed by atoms with Crippen LogP contribution in [0.25, 0.3) is 0 Å². The molecule has 0 amide bonds. The number of allylic oxidation sites excluding steroid dienone is 1. The third kappa shape index (κ3) is 4.38. The van der Waals surface area contributed by atoms with Gasteiger partial charge in [0.25, 0.3) is 0 Å². The van der Waals surface area contributed by atoms with Crippen LogP contribution in [-0.4, -0.2) is 5.97 Å². The second-order valence-electron chi connectivity index (χ2n) is 6.57. The van der Waals surface area contributed by atoms with Gasteiger partial charge in [0.15, 0.2) is 5.06 Å². The van der Waals surface area contributed by atoms with Crippen LogP contribution in [0.1, 0.15) is 19.4 Å². The molecule has 0 aliphatic heterocycles. The van der Waals surface area contributed by atoms with Gasteiger partial charge in [-0.05, 0) is 52.6 Å². The Morgan fingerprint density at radius 1 is 1.28 bits per heavy atom. The van der Waals surface area contributed by atoms with Crippen LogP contribution in [0.4, 0.5) is 0 Å². The van der Waals surface area contributed by atoms with Gasteiger partial charge in [0.2, 0.25) is 0 Å². The topological polar surface area (TPSA) is 35.5 Å². The lowest BCUT2D eigenvalue weighted by Crippen LogP contribution is -2.10. The van der Waals surface area contributed by atoms with Gasteiger partial charge in [0.05, 0.1) is 5.92 Å². The zero-order valence-electron chi connectivity index (χ0n) is 13.9.